The van der Waals surface area contributed by atoms with E-state index in [1.807, 2.05) is 19.9 Å². The molecular weight excluding hydrogens is 305 g/mol. The predicted molar refractivity (Wildman–Crippen MR) is 91.8 cm³/mol. The molecule has 0 N–H and O–H groups in total. The molecule has 1 aliphatic carbocycles. The van der Waals surface area contributed by atoms with Gasteiger partial charge < -0.3 is 0 Å². The lowest BCUT2D eigenvalue weighted by Crippen LogP contribution is -2.37. The number of amides is 2. The van der Waals surface area contributed by atoms with Gasteiger partial charge in [-0.05, 0) is 50.5 Å². The molecule has 3 atom stereocenters. The van der Waals surface area contributed by atoms with Crippen molar-refractivity contribution < 1.29 is 14.0 Å². The van der Waals surface area contributed by atoms with Crippen molar-refractivity contribution in [1.29, 1.82) is 0 Å². The van der Waals surface area contributed by atoms with Gasteiger partial charge in [0, 0.05) is 12.3 Å². The molecule has 1 saturated carbocycles. The van der Waals surface area contributed by atoms with Crippen LogP contribution in [0.3, 0.4) is 0 Å². The van der Waals surface area contributed by atoms with Crippen LogP contribution in [-0.2, 0) is 9.59 Å². The molecule has 0 bridgehead atoms. The molecule has 1 spiro atoms. The zero-order chi connectivity index (χ0) is 17.6. The summed E-state index contributed by atoms with van der Waals surface area (Å²) in [4.78, 5) is 27.1. The summed E-state index contributed by atoms with van der Waals surface area (Å²) in [5.41, 5.74) is 2.08. The van der Waals surface area contributed by atoms with Crippen molar-refractivity contribution in [2.75, 3.05) is 4.90 Å². The lowest BCUT2D eigenvalue weighted by molar-refractivity contribution is -0.126. The number of carbonyl (C=O) groups excluding carboxylic acids is 2. The van der Waals surface area contributed by atoms with E-state index in [2.05, 4.69) is 13.5 Å². The Kier molecular flexibility index (Phi) is 3.94. The number of rotatable bonds is 2. The number of imide groups is 1. The SMILES string of the molecule is C=CC1C(=C(C)C)C(C)CC12CC(=O)N(c1ccc(F)cc1)C2=O. The maximum Gasteiger partial charge on any atom is 0.241 e. The van der Waals surface area contributed by atoms with Crippen LogP contribution in [0.4, 0.5) is 10.1 Å². The van der Waals surface area contributed by atoms with Gasteiger partial charge in [0.1, 0.15) is 5.82 Å². The van der Waals surface area contributed by atoms with E-state index in [1.54, 1.807) is 0 Å². The number of nitrogens with zero attached hydrogens (tertiary/aromatic N) is 1. The van der Waals surface area contributed by atoms with Crippen LogP contribution in [0.2, 0.25) is 0 Å². The Morgan fingerprint density at radius 3 is 2.46 bits per heavy atom. The van der Waals surface area contributed by atoms with Gasteiger partial charge in [0.25, 0.3) is 0 Å². The molecule has 1 aliphatic heterocycles. The van der Waals surface area contributed by atoms with Crippen molar-refractivity contribution in [1.82, 2.24) is 0 Å². The summed E-state index contributed by atoms with van der Waals surface area (Å²) >= 11 is 0. The molecule has 1 aromatic carbocycles. The van der Waals surface area contributed by atoms with Gasteiger partial charge in [-0.2, -0.15) is 0 Å². The molecule has 0 radical (unpaired) electrons. The summed E-state index contributed by atoms with van der Waals surface area (Å²) in [6.45, 7) is 10.1. The number of anilines is 1. The molecular formula is C20H22FNO2. The standard InChI is InChI=1S/C20H22FNO2/c1-5-16-18(12(2)3)13(4)10-20(16)11-17(23)22(19(20)24)15-8-6-14(21)7-9-15/h5-9,13,16H,1,10-11H2,2-4H3. The number of allylic oxidation sites excluding steroid dienone is 3. The van der Waals surface area contributed by atoms with E-state index in [9.17, 15) is 14.0 Å². The molecule has 3 rings (SSSR count). The predicted octanol–water partition coefficient (Wildman–Crippen LogP) is 4.25. The van der Waals surface area contributed by atoms with Gasteiger partial charge in [0.2, 0.25) is 11.8 Å². The average Bonchev–Trinajstić information content (AvgIpc) is 2.94. The molecule has 4 heteroatoms. The quantitative estimate of drug-likeness (QED) is 0.601. The van der Waals surface area contributed by atoms with Gasteiger partial charge in [-0.25, -0.2) is 4.39 Å². The second-order valence-corrected chi connectivity index (χ2v) is 7.12. The summed E-state index contributed by atoms with van der Waals surface area (Å²) in [6.07, 6.45) is 2.64. The Balaban J connectivity index is 2.06. The average molecular weight is 327 g/mol. The molecule has 2 fully saturated rings. The maximum atomic E-state index is 13.2. The van der Waals surface area contributed by atoms with Crippen LogP contribution >= 0.6 is 0 Å². The summed E-state index contributed by atoms with van der Waals surface area (Å²) in [7, 11) is 0. The van der Waals surface area contributed by atoms with Gasteiger partial charge >= 0.3 is 0 Å². The normalized spacial score (nSPS) is 29.7. The summed E-state index contributed by atoms with van der Waals surface area (Å²) in [5.74, 6) is -0.687. The minimum Gasteiger partial charge on any atom is -0.274 e. The maximum absolute atomic E-state index is 13.2. The zero-order valence-corrected chi connectivity index (χ0v) is 14.3. The first kappa shape index (κ1) is 16.6. The van der Waals surface area contributed by atoms with Gasteiger partial charge in [-0.15, -0.1) is 6.58 Å². The Labute approximate surface area is 141 Å². The minimum absolute atomic E-state index is 0.126. The first-order valence-electron chi connectivity index (χ1n) is 8.24. The summed E-state index contributed by atoms with van der Waals surface area (Å²) in [5, 5.41) is 0. The molecule has 1 saturated heterocycles. The topological polar surface area (TPSA) is 37.4 Å². The molecule has 2 aliphatic rings. The Bertz CT molecular complexity index is 745. The molecule has 1 heterocycles. The second-order valence-electron chi connectivity index (χ2n) is 7.12. The molecule has 24 heavy (non-hydrogen) atoms. The van der Waals surface area contributed by atoms with Gasteiger partial charge in [0.15, 0.2) is 0 Å². The van der Waals surface area contributed by atoms with E-state index in [-0.39, 0.29) is 30.1 Å². The monoisotopic (exact) mass is 327 g/mol. The largest absolute Gasteiger partial charge is 0.274 e. The zero-order valence-electron chi connectivity index (χ0n) is 14.3. The fourth-order valence-corrected chi connectivity index (χ4v) is 4.56. The van der Waals surface area contributed by atoms with E-state index < -0.39 is 11.2 Å². The molecule has 2 amide bonds. The summed E-state index contributed by atoms with van der Waals surface area (Å²) in [6, 6.07) is 5.50. The minimum atomic E-state index is -0.751. The van der Waals surface area contributed by atoms with Crippen LogP contribution in [0.15, 0.2) is 48.1 Å². The number of hydrogen-bond acceptors (Lipinski definition) is 2. The highest BCUT2D eigenvalue weighted by Crippen LogP contribution is 2.57. The Hall–Kier alpha value is -2.23. The molecule has 1 aromatic rings. The van der Waals surface area contributed by atoms with Crippen molar-refractivity contribution >= 4 is 17.5 Å². The number of halogens is 1. The highest BCUT2D eigenvalue weighted by molar-refractivity contribution is 6.23. The molecule has 3 unspecified atom stereocenters. The second kappa shape index (κ2) is 5.69. The molecule has 126 valence electrons. The fraction of sp³-hybridized carbons (Fsp3) is 0.400. The smallest absolute Gasteiger partial charge is 0.241 e. The lowest BCUT2D eigenvalue weighted by atomic mass is 9.75. The van der Waals surface area contributed by atoms with Gasteiger partial charge in [-0.3, -0.25) is 14.5 Å². The van der Waals surface area contributed by atoms with Crippen LogP contribution in [-0.4, -0.2) is 11.8 Å². The van der Waals surface area contributed by atoms with Crippen molar-refractivity contribution in [2.45, 2.75) is 33.6 Å². The first-order chi connectivity index (χ1) is 11.3. The van der Waals surface area contributed by atoms with Crippen LogP contribution in [0.1, 0.15) is 33.6 Å². The third-order valence-electron chi connectivity index (χ3n) is 5.37. The Morgan fingerprint density at radius 2 is 1.92 bits per heavy atom. The van der Waals surface area contributed by atoms with Crippen LogP contribution in [0.25, 0.3) is 0 Å². The van der Waals surface area contributed by atoms with E-state index in [1.165, 1.54) is 40.3 Å². The Morgan fingerprint density at radius 1 is 1.29 bits per heavy atom. The van der Waals surface area contributed by atoms with Gasteiger partial charge in [0.05, 0.1) is 11.1 Å². The van der Waals surface area contributed by atoms with Crippen molar-refractivity contribution in [2.24, 2.45) is 17.3 Å². The van der Waals surface area contributed by atoms with Crippen molar-refractivity contribution in [3.8, 4) is 0 Å². The first-order valence-corrected chi connectivity index (χ1v) is 8.24. The van der Waals surface area contributed by atoms with E-state index in [0.29, 0.717) is 12.1 Å². The van der Waals surface area contributed by atoms with Crippen LogP contribution in [0.5, 0.6) is 0 Å². The van der Waals surface area contributed by atoms with Crippen LogP contribution in [0, 0.1) is 23.1 Å². The van der Waals surface area contributed by atoms with Crippen molar-refractivity contribution in [3.63, 3.8) is 0 Å². The number of benzene rings is 1. The van der Waals surface area contributed by atoms with Gasteiger partial charge in [-0.1, -0.05) is 24.1 Å². The van der Waals surface area contributed by atoms with Crippen LogP contribution < -0.4 is 4.90 Å². The third kappa shape index (κ3) is 2.24. The lowest BCUT2D eigenvalue weighted by Gasteiger charge is -2.27. The third-order valence-corrected chi connectivity index (χ3v) is 5.37. The van der Waals surface area contributed by atoms with E-state index >= 15 is 0 Å². The van der Waals surface area contributed by atoms with Crippen molar-refractivity contribution in [3.05, 3.63) is 53.9 Å². The van der Waals surface area contributed by atoms with E-state index in [0.717, 1.165) is 0 Å². The summed E-state index contributed by atoms with van der Waals surface area (Å²) < 4.78 is 13.2. The number of carbonyl (C=O) groups is 2. The number of hydrogen-bond donors (Lipinski definition) is 0. The highest BCUT2D eigenvalue weighted by atomic mass is 19.1. The fourth-order valence-electron chi connectivity index (χ4n) is 4.56. The highest BCUT2D eigenvalue weighted by Gasteiger charge is 2.60. The molecule has 3 nitrogen and oxygen atoms in total. The molecule has 0 aromatic heterocycles. The van der Waals surface area contributed by atoms with E-state index in [4.69, 9.17) is 0 Å².